The van der Waals surface area contributed by atoms with Crippen LogP contribution in [0.4, 0.5) is 0 Å². The van der Waals surface area contributed by atoms with Crippen LogP contribution in [0, 0.1) is 0 Å². The van der Waals surface area contributed by atoms with Gasteiger partial charge in [0.15, 0.2) is 5.79 Å². The molecular weight excluding hydrogens is 318 g/mol. The number of hydrogen-bond donors (Lipinski definition) is 1. The third-order valence-electron chi connectivity index (χ3n) is 3.06. The molecule has 1 saturated heterocycles. The number of hydrogen-bond acceptors (Lipinski definition) is 5. The normalized spacial score (nSPS) is 25.1. The molecule has 0 saturated carbocycles. The average molecular weight is 336 g/mol. The van der Waals surface area contributed by atoms with Crippen LogP contribution in [-0.4, -0.2) is 33.0 Å². The first-order chi connectivity index (χ1) is 9.66. The first kappa shape index (κ1) is 16.7. The number of nitrogens with two attached hydrogens (primary N) is 1. The molecule has 118 valence electrons. The topological polar surface area (TPSA) is 87.9 Å². The molecule has 1 aliphatic rings. The summed E-state index contributed by atoms with van der Waals surface area (Å²) < 4.78 is 37.9. The van der Waals surface area contributed by atoms with Gasteiger partial charge in [0.25, 0.3) is 0 Å². The Balaban J connectivity index is 2.10. The lowest BCUT2D eigenvalue weighted by Crippen LogP contribution is -2.32. The predicted molar refractivity (Wildman–Crippen MR) is 78.0 cm³/mol. The molecule has 0 spiro atoms. The van der Waals surface area contributed by atoms with Crippen molar-refractivity contribution in [3.8, 4) is 0 Å². The fourth-order valence-electron chi connectivity index (χ4n) is 2.27. The van der Waals surface area contributed by atoms with Crippen molar-refractivity contribution in [1.29, 1.82) is 0 Å². The lowest BCUT2D eigenvalue weighted by atomic mass is 10.0. The molecule has 1 fully saturated rings. The number of rotatable bonds is 5. The first-order valence-corrected chi connectivity index (χ1v) is 8.27. The molecule has 1 aliphatic heterocycles. The summed E-state index contributed by atoms with van der Waals surface area (Å²) in [7, 11) is -4.01. The van der Waals surface area contributed by atoms with Gasteiger partial charge in [-0.25, -0.2) is 5.14 Å². The van der Waals surface area contributed by atoms with Crippen molar-refractivity contribution >= 4 is 21.9 Å². The molecular formula is C13H18ClNO5S. The molecule has 0 unspecified atom stereocenters. The monoisotopic (exact) mass is 335 g/mol. The van der Waals surface area contributed by atoms with Crippen molar-refractivity contribution in [3.63, 3.8) is 0 Å². The van der Waals surface area contributed by atoms with Crippen molar-refractivity contribution < 1.29 is 22.1 Å². The van der Waals surface area contributed by atoms with E-state index in [-0.39, 0.29) is 12.7 Å². The van der Waals surface area contributed by atoms with Crippen molar-refractivity contribution in [3.05, 3.63) is 34.9 Å². The minimum atomic E-state index is -4.01. The molecule has 21 heavy (non-hydrogen) atoms. The molecule has 0 aliphatic carbocycles. The Bertz CT molecular complexity index is 604. The van der Waals surface area contributed by atoms with Gasteiger partial charge in [-0.15, -0.1) is 0 Å². The van der Waals surface area contributed by atoms with Crippen LogP contribution in [0.3, 0.4) is 0 Å². The Morgan fingerprint density at radius 2 is 1.90 bits per heavy atom. The second kappa shape index (κ2) is 6.20. The van der Waals surface area contributed by atoms with E-state index in [1.807, 2.05) is 18.2 Å². The molecule has 8 heteroatoms. The van der Waals surface area contributed by atoms with Crippen LogP contribution in [0.2, 0.25) is 5.02 Å². The number of halogens is 1. The van der Waals surface area contributed by atoms with E-state index in [0.717, 1.165) is 5.56 Å². The molecule has 1 heterocycles. The number of benzene rings is 1. The Morgan fingerprint density at radius 1 is 1.29 bits per heavy atom. The van der Waals surface area contributed by atoms with E-state index >= 15 is 0 Å². The van der Waals surface area contributed by atoms with Gasteiger partial charge in [0, 0.05) is 11.4 Å². The Hall–Kier alpha value is -0.700. The second-order valence-corrected chi connectivity index (χ2v) is 6.91. The highest BCUT2D eigenvalue weighted by atomic mass is 35.5. The summed E-state index contributed by atoms with van der Waals surface area (Å²) in [6, 6.07) is 7.38. The SMILES string of the molecule is CC1(C)O[C@@H](COS(N)(=O)=O)[C@H](Cc2ccccc2Cl)O1. The lowest BCUT2D eigenvalue weighted by Gasteiger charge is -2.17. The summed E-state index contributed by atoms with van der Waals surface area (Å²) in [5.41, 5.74) is 0.895. The zero-order valence-corrected chi connectivity index (χ0v) is 13.4. The van der Waals surface area contributed by atoms with Gasteiger partial charge in [-0.05, 0) is 25.5 Å². The molecule has 0 aromatic heterocycles. The standard InChI is InChI=1S/C13H18ClNO5S/c1-13(2)19-11(7-9-5-3-4-6-10(9)14)12(20-13)8-18-21(15,16)17/h3-6,11-12H,7-8H2,1-2H3,(H2,15,16,17)/t11-,12-/m0/s1. The average Bonchev–Trinajstić information content (AvgIpc) is 2.63. The summed E-state index contributed by atoms with van der Waals surface area (Å²) in [6.45, 7) is 3.31. The molecule has 6 nitrogen and oxygen atoms in total. The van der Waals surface area contributed by atoms with Crippen LogP contribution < -0.4 is 5.14 Å². The van der Waals surface area contributed by atoms with E-state index in [0.29, 0.717) is 11.4 Å². The number of ether oxygens (including phenoxy) is 2. The molecule has 0 bridgehead atoms. The van der Waals surface area contributed by atoms with Gasteiger partial charge in [-0.2, -0.15) is 8.42 Å². The van der Waals surface area contributed by atoms with E-state index < -0.39 is 22.2 Å². The highest BCUT2D eigenvalue weighted by Crippen LogP contribution is 2.31. The third kappa shape index (κ3) is 4.91. The molecule has 2 atom stereocenters. The summed E-state index contributed by atoms with van der Waals surface area (Å²) in [4.78, 5) is 0. The Labute approximate surface area is 129 Å². The zero-order chi connectivity index (χ0) is 15.7. The quantitative estimate of drug-likeness (QED) is 0.883. The minimum Gasteiger partial charge on any atom is -0.344 e. The summed E-state index contributed by atoms with van der Waals surface area (Å²) in [6.07, 6.45) is -0.432. The molecule has 0 radical (unpaired) electrons. The highest BCUT2D eigenvalue weighted by Gasteiger charge is 2.42. The van der Waals surface area contributed by atoms with Gasteiger partial charge in [0.1, 0.15) is 6.10 Å². The van der Waals surface area contributed by atoms with Crippen LogP contribution >= 0.6 is 11.6 Å². The maximum atomic E-state index is 10.9. The van der Waals surface area contributed by atoms with Gasteiger partial charge in [0.05, 0.1) is 12.7 Å². The highest BCUT2D eigenvalue weighted by molar-refractivity contribution is 7.84. The molecule has 1 aromatic carbocycles. The smallest absolute Gasteiger partial charge is 0.333 e. The predicted octanol–water partition coefficient (Wildman–Crippen LogP) is 1.62. The third-order valence-corrected chi connectivity index (χ3v) is 3.89. The van der Waals surface area contributed by atoms with Crippen LogP contribution in [0.25, 0.3) is 0 Å². The summed E-state index contributed by atoms with van der Waals surface area (Å²) in [5.74, 6) is -0.821. The van der Waals surface area contributed by atoms with Crippen LogP contribution in [0.1, 0.15) is 19.4 Å². The summed E-state index contributed by atoms with van der Waals surface area (Å²) in [5, 5.41) is 5.46. The van der Waals surface area contributed by atoms with Gasteiger partial charge in [-0.3, -0.25) is 4.18 Å². The van der Waals surface area contributed by atoms with Crippen molar-refractivity contribution in [2.75, 3.05) is 6.61 Å². The molecule has 2 N–H and O–H groups in total. The van der Waals surface area contributed by atoms with E-state index in [9.17, 15) is 8.42 Å². The maximum absolute atomic E-state index is 10.9. The van der Waals surface area contributed by atoms with Crippen molar-refractivity contribution in [1.82, 2.24) is 0 Å². The fourth-order valence-corrected chi connectivity index (χ4v) is 2.80. The van der Waals surface area contributed by atoms with Crippen molar-refractivity contribution in [2.45, 2.75) is 38.3 Å². The van der Waals surface area contributed by atoms with Crippen LogP contribution in [0.15, 0.2) is 24.3 Å². The van der Waals surface area contributed by atoms with Crippen molar-refractivity contribution in [2.24, 2.45) is 5.14 Å². The largest absolute Gasteiger partial charge is 0.344 e. The first-order valence-electron chi connectivity index (χ1n) is 6.42. The zero-order valence-electron chi connectivity index (χ0n) is 11.8. The van der Waals surface area contributed by atoms with Gasteiger partial charge in [-0.1, -0.05) is 29.8 Å². The van der Waals surface area contributed by atoms with Gasteiger partial charge in [0.2, 0.25) is 0 Å². The fraction of sp³-hybridized carbons (Fsp3) is 0.538. The van der Waals surface area contributed by atoms with Gasteiger partial charge < -0.3 is 9.47 Å². The molecule has 2 rings (SSSR count). The van der Waals surface area contributed by atoms with E-state index in [4.69, 9.17) is 26.2 Å². The minimum absolute atomic E-state index is 0.197. The second-order valence-electron chi connectivity index (χ2n) is 5.29. The van der Waals surface area contributed by atoms with Gasteiger partial charge >= 0.3 is 10.3 Å². The van der Waals surface area contributed by atoms with Crippen LogP contribution in [-0.2, 0) is 30.4 Å². The van der Waals surface area contributed by atoms with Crippen LogP contribution in [0.5, 0.6) is 0 Å². The Morgan fingerprint density at radius 3 is 2.52 bits per heavy atom. The summed E-state index contributed by atoms with van der Waals surface area (Å²) >= 11 is 6.13. The Kier molecular flexibility index (Phi) is 4.92. The van der Waals surface area contributed by atoms with E-state index in [1.54, 1.807) is 19.9 Å². The van der Waals surface area contributed by atoms with E-state index in [2.05, 4.69) is 4.18 Å². The molecule has 1 aromatic rings. The van der Waals surface area contributed by atoms with E-state index in [1.165, 1.54) is 0 Å². The lowest BCUT2D eigenvalue weighted by molar-refractivity contribution is -0.148. The maximum Gasteiger partial charge on any atom is 0.333 e. The molecule has 0 amide bonds.